The molecule has 18 heavy (non-hydrogen) atoms. The topological polar surface area (TPSA) is 65.2 Å². The number of rotatable bonds is 4. The van der Waals surface area contributed by atoms with E-state index >= 15 is 0 Å². The predicted octanol–water partition coefficient (Wildman–Crippen LogP) is 2.41. The third-order valence-corrected chi connectivity index (χ3v) is 2.71. The van der Waals surface area contributed by atoms with Crippen molar-refractivity contribution in [3.8, 4) is 5.75 Å². The summed E-state index contributed by atoms with van der Waals surface area (Å²) in [7, 11) is 0. The fourth-order valence-corrected chi connectivity index (χ4v) is 1.58. The van der Waals surface area contributed by atoms with Gasteiger partial charge in [0, 0.05) is 17.3 Å². The largest absolute Gasteiger partial charge is 0.489 e. The van der Waals surface area contributed by atoms with Crippen molar-refractivity contribution in [2.45, 2.75) is 6.61 Å². The summed E-state index contributed by atoms with van der Waals surface area (Å²) in [5, 5.41) is 0.422. The fourth-order valence-electron chi connectivity index (χ4n) is 1.40. The van der Waals surface area contributed by atoms with Crippen molar-refractivity contribution in [3.05, 3.63) is 58.9 Å². The number of benzene rings is 1. The summed E-state index contributed by atoms with van der Waals surface area (Å²) in [5.41, 5.74) is 6.39. The highest BCUT2D eigenvalue weighted by atomic mass is 35.5. The van der Waals surface area contributed by atoms with Crippen molar-refractivity contribution in [1.82, 2.24) is 4.98 Å². The Morgan fingerprint density at radius 2 is 2.00 bits per heavy atom. The van der Waals surface area contributed by atoms with E-state index in [0.29, 0.717) is 23.1 Å². The van der Waals surface area contributed by atoms with Gasteiger partial charge in [0.2, 0.25) is 5.91 Å². The first kappa shape index (κ1) is 12.4. The molecule has 0 unspecified atom stereocenters. The first-order valence-electron chi connectivity index (χ1n) is 5.29. The number of amides is 1. The Kier molecular flexibility index (Phi) is 3.79. The van der Waals surface area contributed by atoms with Gasteiger partial charge in [0.05, 0.1) is 0 Å². The lowest BCUT2D eigenvalue weighted by Crippen LogP contribution is -2.10. The highest BCUT2D eigenvalue weighted by Crippen LogP contribution is 2.17. The summed E-state index contributed by atoms with van der Waals surface area (Å²) in [4.78, 5) is 14.8. The maximum Gasteiger partial charge on any atom is 0.248 e. The number of carbonyl (C=O) groups excluding carboxylic acids is 1. The summed E-state index contributed by atoms with van der Waals surface area (Å²) in [6, 6.07) is 10.2. The van der Waals surface area contributed by atoms with E-state index in [-0.39, 0.29) is 0 Å². The number of aromatic nitrogens is 1. The smallest absolute Gasteiger partial charge is 0.248 e. The molecular formula is C13H11ClN2O2. The van der Waals surface area contributed by atoms with E-state index in [0.717, 1.165) is 5.56 Å². The highest BCUT2D eigenvalue weighted by molar-refractivity contribution is 6.30. The minimum Gasteiger partial charge on any atom is -0.489 e. The lowest BCUT2D eigenvalue weighted by Gasteiger charge is -2.07. The van der Waals surface area contributed by atoms with Gasteiger partial charge in [-0.15, -0.1) is 0 Å². The lowest BCUT2D eigenvalue weighted by atomic mass is 10.2. The molecule has 2 aromatic rings. The molecule has 0 bridgehead atoms. The van der Waals surface area contributed by atoms with Gasteiger partial charge in [0.15, 0.2) is 0 Å². The Labute approximate surface area is 109 Å². The van der Waals surface area contributed by atoms with Crippen LogP contribution in [0.3, 0.4) is 0 Å². The van der Waals surface area contributed by atoms with Gasteiger partial charge in [0.25, 0.3) is 0 Å². The number of pyridine rings is 1. The second-order valence-electron chi connectivity index (χ2n) is 3.63. The van der Waals surface area contributed by atoms with Crippen molar-refractivity contribution in [2.24, 2.45) is 5.73 Å². The Morgan fingerprint density at radius 3 is 2.61 bits per heavy atom. The molecule has 0 aliphatic carbocycles. The summed E-state index contributed by atoms with van der Waals surface area (Å²) in [6.45, 7) is 0.322. The summed E-state index contributed by atoms with van der Waals surface area (Å²) in [5.74, 6) is 0.178. The number of primary amides is 1. The van der Waals surface area contributed by atoms with E-state index in [9.17, 15) is 4.79 Å². The molecule has 0 saturated heterocycles. The van der Waals surface area contributed by atoms with Gasteiger partial charge in [-0.05, 0) is 30.3 Å². The molecule has 0 atom stereocenters. The van der Waals surface area contributed by atoms with Crippen LogP contribution in [0.15, 0.2) is 42.6 Å². The zero-order valence-electron chi connectivity index (χ0n) is 9.47. The highest BCUT2D eigenvalue weighted by Gasteiger charge is 2.03. The number of halogens is 1. The number of ether oxygens (including phenoxy) is 1. The molecule has 0 saturated carbocycles. The van der Waals surface area contributed by atoms with E-state index in [4.69, 9.17) is 22.1 Å². The van der Waals surface area contributed by atoms with Crippen molar-refractivity contribution in [2.75, 3.05) is 0 Å². The number of nitrogens with zero attached hydrogens (tertiary/aromatic N) is 1. The monoisotopic (exact) mass is 262 g/mol. The van der Waals surface area contributed by atoms with Gasteiger partial charge < -0.3 is 10.5 Å². The van der Waals surface area contributed by atoms with Crippen LogP contribution in [0.5, 0.6) is 5.75 Å². The third kappa shape index (κ3) is 2.99. The Hall–Kier alpha value is -2.07. The number of nitrogens with two attached hydrogens (primary N) is 1. The van der Waals surface area contributed by atoms with Crippen LogP contribution in [0.1, 0.15) is 15.9 Å². The molecule has 92 valence electrons. The molecule has 1 aromatic heterocycles. The molecule has 0 aliphatic heterocycles. The molecule has 1 heterocycles. The molecule has 0 fully saturated rings. The Morgan fingerprint density at radius 1 is 1.28 bits per heavy atom. The van der Waals surface area contributed by atoms with E-state index < -0.39 is 5.91 Å². The van der Waals surface area contributed by atoms with Crippen LogP contribution in [0, 0.1) is 0 Å². The first-order chi connectivity index (χ1) is 8.66. The quantitative estimate of drug-likeness (QED) is 0.861. The van der Waals surface area contributed by atoms with Crippen LogP contribution in [0.4, 0.5) is 0 Å². The molecular weight excluding hydrogens is 252 g/mol. The minimum atomic E-state index is -0.461. The van der Waals surface area contributed by atoms with Crippen LogP contribution in [0.25, 0.3) is 0 Å². The van der Waals surface area contributed by atoms with E-state index in [1.54, 1.807) is 36.5 Å². The van der Waals surface area contributed by atoms with Crippen LogP contribution < -0.4 is 10.5 Å². The van der Waals surface area contributed by atoms with Crippen LogP contribution >= 0.6 is 11.6 Å². The average Bonchev–Trinajstić information content (AvgIpc) is 2.38. The molecule has 1 amide bonds. The van der Waals surface area contributed by atoms with Gasteiger partial charge in [-0.3, -0.25) is 4.79 Å². The third-order valence-electron chi connectivity index (χ3n) is 2.37. The molecule has 4 nitrogen and oxygen atoms in total. The van der Waals surface area contributed by atoms with Crippen molar-refractivity contribution in [3.63, 3.8) is 0 Å². The molecule has 5 heteroatoms. The van der Waals surface area contributed by atoms with Crippen molar-refractivity contribution < 1.29 is 9.53 Å². The number of carbonyl (C=O) groups is 1. The zero-order valence-corrected chi connectivity index (χ0v) is 10.2. The molecule has 0 spiro atoms. The normalized spacial score (nSPS) is 10.1. The predicted molar refractivity (Wildman–Crippen MR) is 68.5 cm³/mol. The van der Waals surface area contributed by atoms with Crippen LogP contribution in [-0.4, -0.2) is 10.9 Å². The fraction of sp³-hybridized carbons (Fsp3) is 0.0769. The van der Waals surface area contributed by atoms with Gasteiger partial charge in [-0.25, -0.2) is 4.98 Å². The molecule has 0 aliphatic rings. The second kappa shape index (κ2) is 5.51. The summed E-state index contributed by atoms with van der Waals surface area (Å²) < 4.78 is 5.53. The first-order valence-corrected chi connectivity index (χ1v) is 5.66. The minimum absolute atomic E-state index is 0.322. The van der Waals surface area contributed by atoms with Gasteiger partial charge in [-0.2, -0.15) is 0 Å². The molecule has 2 N–H and O–H groups in total. The second-order valence-corrected chi connectivity index (χ2v) is 3.99. The Balaban J connectivity index is 2.02. The van der Waals surface area contributed by atoms with Gasteiger partial charge in [-0.1, -0.05) is 17.7 Å². The molecule has 1 aromatic carbocycles. The van der Waals surface area contributed by atoms with Crippen LogP contribution in [0.2, 0.25) is 5.15 Å². The molecule has 0 radical (unpaired) electrons. The summed E-state index contributed by atoms with van der Waals surface area (Å²) >= 11 is 5.90. The van der Waals surface area contributed by atoms with Crippen molar-refractivity contribution in [1.29, 1.82) is 0 Å². The van der Waals surface area contributed by atoms with E-state index in [1.165, 1.54) is 0 Å². The lowest BCUT2D eigenvalue weighted by molar-refractivity contribution is 0.100. The number of hydrogen-bond acceptors (Lipinski definition) is 3. The maximum absolute atomic E-state index is 10.9. The van der Waals surface area contributed by atoms with Crippen LogP contribution in [-0.2, 0) is 6.61 Å². The average molecular weight is 263 g/mol. The van der Waals surface area contributed by atoms with E-state index in [2.05, 4.69) is 4.98 Å². The standard InChI is InChI=1S/C13H11ClN2O2/c14-12-10(2-1-7-16-12)8-18-11-5-3-9(4-6-11)13(15)17/h1-7H,8H2,(H2,15,17). The van der Waals surface area contributed by atoms with Gasteiger partial charge in [0.1, 0.15) is 17.5 Å². The SMILES string of the molecule is NC(=O)c1ccc(OCc2cccnc2Cl)cc1. The molecule has 2 rings (SSSR count). The number of hydrogen-bond donors (Lipinski definition) is 1. The van der Waals surface area contributed by atoms with E-state index in [1.807, 2.05) is 6.07 Å². The van der Waals surface area contributed by atoms with Gasteiger partial charge >= 0.3 is 0 Å². The maximum atomic E-state index is 10.9. The van der Waals surface area contributed by atoms with Crippen molar-refractivity contribution >= 4 is 17.5 Å². The Bertz CT molecular complexity index is 555. The zero-order chi connectivity index (χ0) is 13.0. The summed E-state index contributed by atoms with van der Waals surface area (Å²) in [6.07, 6.45) is 1.62.